The molecule has 0 aliphatic carbocycles. The SMILES string of the molecule is OC[C@H]1O[C@@H]2O[C@H]3[C@H](O)[C@@H](O)[C@@H](O[C@H]4[C@H](O)[C@@H](O)[C@@H](O[C@H]5[C@@H](N6CCCC6)[C@H](S)[C@@H](O[C@H]6[C@H](O)[C@@H](O)[C@@H](O[C@H]7[C@H](O)[C@@H](O)[C@@H](O[C@H]8[C@H](O)[C@@H](O)[C@@H](O[C@H]1[C@H](O)[C@H]2O)O[C@@H]8CO)O[C@@H]7CO)O[C@@H]6CO)O[C@@H]5CO)O[C@@H]4CO)O[C@@H]3CO. The fourth-order valence-corrected chi connectivity index (χ4v) is 12.4. The second-order valence-electron chi connectivity index (χ2n) is 21.4. The Bertz CT molecular complexity index is 1950. The molecule has 0 aromatic rings. The van der Waals surface area contributed by atoms with Crippen LogP contribution in [-0.4, -0.2) is 375 Å². The van der Waals surface area contributed by atoms with E-state index in [1.54, 1.807) is 0 Å². The predicted octanol–water partition coefficient (Wildman–Crippen LogP) is -13.2. The Balaban J connectivity index is 1.02. The summed E-state index contributed by atoms with van der Waals surface area (Å²) in [5, 5.41) is 210. The quantitative estimate of drug-likeness (QED) is 0.100. The summed E-state index contributed by atoms with van der Waals surface area (Å²) in [5.74, 6) is 0. The molecule has 22 saturated heterocycles. The highest BCUT2D eigenvalue weighted by Gasteiger charge is 2.60. The lowest BCUT2D eigenvalue weighted by Gasteiger charge is -2.52. The van der Waals surface area contributed by atoms with Crippen LogP contribution in [0.5, 0.6) is 0 Å². The van der Waals surface area contributed by atoms with E-state index >= 15 is 0 Å². The third kappa shape index (κ3) is 12.7. The number of aliphatic hydroxyl groups is 19. The van der Waals surface area contributed by atoms with Gasteiger partial charge in [0, 0.05) is 0 Å². The van der Waals surface area contributed by atoms with Crippen LogP contribution >= 0.6 is 12.6 Å². The van der Waals surface area contributed by atoms with Crippen LogP contribution in [-0.2, 0) is 66.3 Å². The Morgan fingerprint density at radius 1 is 0.259 bits per heavy atom. The Morgan fingerprint density at radius 2 is 0.444 bits per heavy atom. The number of hydrogen-bond acceptors (Lipinski definition) is 35. The van der Waals surface area contributed by atoms with Crippen molar-refractivity contribution >= 4 is 12.6 Å². The predicted molar refractivity (Wildman–Crippen MR) is 254 cm³/mol. The number of thiol groups is 1. The molecular weight excluding hydrogens is 1130 g/mol. The molecule has 0 aromatic carbocycles. The van der Waals surface area contributed by atoms with Crippen molar-refractivity contribution in [3.8, 4) is 0 Å². The molecule has 22 aliphatic rings. The lowest BCUT2D eigenvalue weighted by atomic mass is 9.94. The summed E-state index contributed by atoms with van der Waals surface area (Å²) in [5.41, 5.74) is 0. The van der Waals surface area contributed by atoms with Crippen LogP contribution < -0.4 is 0 Å². The van der Waals surface area contributed by atoms with Gasteiger partial charge in [0.15, 0.2) is 44.0 Å². The zero-order valence-corrected chi connectivity index (χ0v) is 44.0. The summed E-state index contributed by atoms with van der Waals surface area (Å²) >= 11 is 4.85. The Kier molecular flexibility index (Phi) is 21.9. The van der Waals surface area contributed by atoms with Crippen LogP contribution in [0, 0.1) is 0 Å². The zero-order valence-electron chi connectivity index (χ0n) is 43.1. The molecule has 0 amide bonds. The maximum Gasteiger partial charge on any atom is 0.187 e. The first-order valence-corrected chi connectivity index (χ1v) is 27.3. The van der Waals surface area contributed by atoms with E-state index in [1.807, 2.05) is 4.90 Å². The van der Waals surface area contributed by atoms with E-state index in [0.717, 1.165) is 0 Å². The molecule has 0 radical (unpaired) electrons. The monoisotopic (exact) mass is 1200 g/mol. The maximum atomic E-state index is 11.6. The molecule has 34 nitrogen and oxygen atoms in total. The van der Waals surface area contributed by atoms with Crippen molar-refractivity contribution in [2.75, 3.05) is 59.3 Å². The lowest BCUT2D eigenvalue weighted by molar-refractivity contribution is -0.396. The highest BCUT2D eigenvalue weighted by atomic mass is 32.1. The van der Waals surface area contributed by atoms with Gasteiger partial charge in [0.2, 0.25) is 0 Å². The molecule has 22 fully saturated rings. The first-order valence-electron chi connectivity index (χ1n) is 26.8. The molecule has 0 saturated carbocycles. The van der Waals surface area contributed by atoms with E-state index in [9.17, 15) is 97.0 Å². The average molecular weight is 1200 g/mol. The molecule has 0 aromatic heterocycles. The van der Waals surface area contributed by atoms with Crippen molar-refractivity contribution in [1.82, 2.24) is 4.90 Å². The maximum absolute atomic E-state index is 11.6. The second kappa shape index (κ2) is 27.6. The van der Waals surface area contributed by atoms with Gasteiger partial charge >= 0.3 is 0 Å². The fourth-order valence-electron chi connectivity index (χ4n) is 11.9. The van der Waals surface area contributed by atoms with Gasteiger partial charge in [-0.05, 0) is 25.9 Å². The zero-order chi connectivity index (χ0) is 58.5. The molecule has 0 spiro atoms. The number of ether oxygens (including phenoxy) is 14. The van der Waals surface area contributed by atoms with Gasteiger partial charge in [-0.2, -0.15) is 12.6 Å². The minimum absolute atomic E-state index is 0.437. The number of aliphatic hydroxyl groups excluding tert-OH is 19. The third-order valence-corrected chi connectivity index (χ3v) is 16.9. The molecule has 81 heavy (non-hydrogen) atoms. The van der Waals surface area contributed by atoms with Gasteiger partial charge in [0.1, 0.15) is 159 Å². The van der Waals surface area contributed by atoms with E-state index < -0.39 is 260 Å². The van der Waals surface area contributed by atoms with E-state index in [0.29, 0.717) is 25.9 Å². The number of likely N-dealkylation sites (tertiary alicyclic amines) is 1. The van der Waals surface area contributed by atoms with Gasteiger partial charge in [0.05, 0.1) is 57.5 Å². The topological polar surface area (TPSA) is 517 Å². The molecule has 22 aliphatic heterocycles. The molecule has 22 rings (SSSR count). The molecule has 0 unspecified atom stereocenters. The van der Waals surface area contributed by atoms with E-state index in [4.69, 9.17) is 78.9 Å². The van der Waals surface area contributed by atoms with Crippen LogP contribution in [0.25, 0.3) is 0 Å². The van der Waals surface area contributed by atoms with E-state index in [2.05, 4.69) is 0 Å². The van der Waals surface area contributed by atoms with E-state index in [-0.39, 0.29) is 0 Å². The van der Waals surface area contributed by atoms with Crippen molar-refractivity contribution < 1.29 is 163 Å². The van der Waals surface area contributed by atoms with Gasteiger partial charge in [0.25, 0.3) is 0 Å². The van der Waals surface area contributed by atoms with Gasteiger partial charge < -0.3 is 163 Å². The fraction of sp³-hybridized carbons (Fsp3) is 1.00. The summed E-state index contributed by atoms with van der Waals surface area (Å²) in [6.07, 6.45) is -61.0. The Morgan fingerprint density at radius 3 is 0.667 bits per heavy atom. The molecule has 22 heterocycles. The molecule has 470 valence electrons. The highest BCUT2D eigenvalue weighted by molar-refractivity contribution is 7.81. The van der Waals surface area contributed by atoms with Crippen molar-refractivity contribution in [3.05, 3.63) is 0 Å². The van der Waals surface area contributed by atoms with Crippen molar-refractivity contribution in [1.29, 1.82) is 0 Å². The smallest absolute Gasteiger partial charge is 0.187 e. The van der Waals surface area contributed by atoms with Crippen LogP contribution in [0.4, 0.5) is 0 Å². The summed E-state index contributed by atoms with van der Waals surface area (Å²) in [6.45, 7) is -5.88. The normalized spacial score (nSPS) is 54.4. The number of hydrogen-bond donors (Lipinski definition) is 20. The van der Waals surface area contributed by atoms with Gasteiger partial charge in [-0.3, -0.25) is 4.90 Å². The molecule has 19 N–H and O–H groups in total. The molecule has 35 heteroatoms. The molecule has 35 atom stereocenters. The molecular formula is C46H77NO33S. The number of rotatable bonds is 8. The third-order valence-electron chi connectivity index (χ3n) is 16.3. The molecule has 14 bridgehead atoms. The minimum atomic E-state index is -2.19. The summed E-state index contributed by atoms with van der Waals surface area (Å²) in [6, 6.07) is -0.915. The van der Waals surface area contributed by atoms with Crippen LogP contribution in [0.2, 0.25) is 0 Å². The van der Waals surface area contributed by atoms with Crippen LogP contribution in [0.1, 0.15) is 12.8 Å². The Hall–Kier alpha value is -1.01. The average Bonchev–Trinajstić information content (AvgIpc) is 4.05. The van der Waals surface area contributed by atoms with Crippen LogP contribution in [0.15, 0.2) is 0 Å². The minimum Gasteiger partial charge on any atom is -0.394 e. The first kappa shape index (κ1) is 64.5. The standard InChI is InChI=1S/C46H77NO33S/c48-5-12-32-19(47-3-1-2-4-47)39(81)46(73-12)80-38-18(11-54)72-45(31(66)25(38)60)79-37-17(10-53)71-44(30(65)24(37)59)78-36-16(9-52)70-43(29(64)23(36)58)77-35-15(8-51)69-42(28(63)22(35)57)76-34-14(7-50)68-41(27(62)21(34)56)75-33-13(6-49)67-40(74-32)26(61)20(33)55/h12-46,48-66,81H,1-11H2/t12-,13-,14-,15-,16-,17-,18-,19-,20-,21-,22-,23-,24-,25-,26-,27-,28-,29-,30-,31-,32-,33-,34-,35-,36-,37-,38-,39+,40-,41-,42-,43-,44-,45-,46-/m1/s1. The summed E-state index contributed by atoms with van der Waals surface area (Å²) in [4.78, 5) is 1.91. The number of nitrogens with zero attached hydrogens (tertiary/aromatic N) is 1. The van der Waals surface area contributed by atoms with E-state index in [1.165, 1.54) is 0 Å². The summed E-state index contributed by atoms with van der Waals surface area (Å²) in [7, 11) is 0. The van der Waals surface area contributed by atoms with Gasteiger partial charge in [-0.1, -0.05) is 0 Å². The van der Waals surface area contributed by atoms with Crippen molar-refractivity contribution in [2.45, 2.75) is 227 Å². The second-order valence-corrected chi connectivity index (χ2v) is 22.0. The van der Waals surface area contributed by atoms with Crippen molar-refractivity contribution in [3.63, 3.8) is 0 Å². The van der Waals surface area contributed by atoms with Crippen molar-refractivity contribution in [2.24, 2.45) is 0 Å². The van der Waals surface area contributed by atoms with Gasteiger partial charge in [-0.15, -0.1) is 0 Å². The highest BCUT2D eigenvalue weighted by Crippen LogP contribution is 2.41. The largest absolute Gasteiger partial charge is 0.394 e. The van der Waals surface area contributed by atoms with Gasteiger partial charge in [-0.25, -0.2) is 0 Å². The Labute approximate surface area is 466 Å². The summed E-state index contributed by atoms with van der Waals surface area (Å²) < 4.78 is 82.4. The lowest BCUT2D eigenvalue weighted by Crippen LogP contribution is -2.69. The first-order chi connectivity index (χ1) is 38.7. The van der Waals surface area contributed by atoms with Crippen LogP contribution in [0.3, 0.4) is 0 Å².